The maximum atomic E-state index is 12.5. The fourth-order valence-corrected chi connectivity index (χ4v) is 2.03. The number of nitrogens with zero attached hydrogens (tertiary/aromatic N) is 1. The van der Waals surface area contributed by atoms with E-state index in [1.807, 2.05) is 19.1 Å². The molecular weight excluding hydrogens is 252 g/mol. The number of carbonyl (C=O) groups is 1. The SMILES string of the molecule is CCN(C(=O)c1ccc(OC)cc1)c1cccc(N)c1. The minimum atomic E-state index is -0.0549. The lowest BCUT2D eigenvalue weighted by molar-refractivity contribution is 0.0988. The summed E-state index contributed by atoms with van der Waals surface area (Å²) in [5, 5.41) is 0. The van der Waals surface area contributed by atoms with E-state index in [0.717, 1.165) is 11.4 Å². The molecule has 2 aromatic carbocycles. The number of hydrogen-bond acceptors (Lipinski definition) is 3. The standard InChI is InChI=1S/C16H18N2O2/c1-3-18(14-6-4-5-13(17)11-14)16(19)12-7-9-15(20-2)10-8-12/h4-11H,3,17H2,1-2H3. The third-order valence-corrected chi connectivity index (χ3v) is 3.08. The van der Waals surface area contributed by atoms with Gasteiger partial charge in [-0.05, 0) is 49.4 Å². The lowest BCUT2D eigenvalue weighted by atomic mass is 10.1. The molecule has 0 aromatic heterocycles. The number of nitrogen functional groups attached to an aromatic ring is 1. The maximum absolute atomic E-state index is 12.5. The van der Waals surface area contributed by atoms with Crippen molar-refractivity contribution >= 4 is 17.3 Å². The molecule has 4 heteroatoms. The largest absolute Gasteiger partial charge is 0.497 e. The highest BCUT2D eigenvalue weighted by Crippen LogP contribution is 2.20. The van der Waals surface area contributed by atoms with E-state index < -0.39 is 0 Å². The van der Waals surface area contributed by atoms with Gasteiger partial charge in [0.15, 0.2) is 0 Å². The summed E-state index contributed by atoms with van der Waals surface area (Å²) in [5.74, 6) is 0.675. The quantitative estimate of drug-likeness (QED) is 0.869. The van der Waals surface area contributed by atoms with E-state index in [1.165, 1.54) is 0 Å². The van der Waals surface area contributed by atoms with Crippen molar-refractivity contribution < 1.29 is 9.53 Å². The molecule has 4 nitrogen and oxygen atoms in total. The third-order valence-electron chi connectivity index (χ3n) is 3.08. The summed E-state index contributed by atoms with van der Waals surface area (Å²) < 4.78 is 5.09. The van der Waals surface area contributed by atoms with Crippen LogP contribution >= 0.6 is 0 Å². The topological polar surface area (TPSA) is 55.6 Å². The number of rotatable bonds is 4. The van der Waals surface area contributed by atoms with Crippen molar-refractivity contribution in [2.24, 2.45) is 0 Å². The second-order valence-corrected chi connectivity index (χ2v) is 4.37. The fourth-order valence-electron chi connectivity index (χ4n) is 2.03. The van der Waals surface area contributed by atoms with Crippen molar-refractivity contribution in [1.29, 1.82) is 0 Å². The molecule has 2 aromatic rings. The Labute approximate surface area is 118 Å². The van der Waals surface area contributed by atoms with Crippen molar-refractivity contribution in [2.45, 2.75) is 6.92 Å². The minimum absolute atomic E-state index is 0.0549. The number of anilines is 2. The van der Waals surface area contributed by atoms with E-state index in [1.54, 1.807) is 48.4 Å². The van der Waals surface area contributed by atoms with Gasteiger partial charge in [0.25, 0.3) is 5.91 Å². The average molecular weight is 270 g/mol. The molecule has 0 aliphatic carbocycles. The Kier molecular flexibility index (Phi) is 4.25. The van der Waals surface area contributed by atoms with Gasteiger partial charge < -0.3 is 15.4 Å². The van der Waals surface area contributed by atoms with E-state index in [0.29, 0.717) is 17.8 Å². The second-order valence-electron chi connectivity index (χ2n) is 4.37. The monoisotopic (exact) mass is 270 g/mol. The number of hydrogen-bond donors (Lipinski definition) is 1. The van der Waals surface area contributed by atoms with E-state index in [2.05, 4.69) is 0 Å². The van der Waals surface area contributed by atoms with Gasteiger partial charge in [-0.1, -0.05) is 6.07 Å². The number of amides is 1. The lowest BCUT2D eigenvalue weighted by Crippen LogP contribution is -2.30. The first-order chi connectivity index (χ1) is 9.65. The van der Waals surface area contributed by atoms with Gasteiger partial charge >= 0.3 is 0 Å². The fraction of sp³-hybridized carbons (Fsp3) is 0.188. The zero-order chi connectivity index (χ0) is 14.5. The van der Waals surface area contributed by atoms with Gasteiger partial charge in [-0.3, -0.25) is 4.79 Å². The summed E-state index contributed by atoms with van der Waals surface area (Å²) in [6.07, 6.45) is 0. The molecule has 0 spiro atoms. The molecule has 0 aliphatic heterocycles. The maximum Gasteiger partial charge on any atom is 0.258 e. The van der Waals surface area contributed by atoms with E-state index in [-0.39, 0.29) is 5.91 Å². The first kappa shape index (κ1) is 13.9. The Morgan fingerprint density at radius 3 is 2.45 bits per heavy atom. The molecule has 0 radical (unpaired) electrons. The molecule has 1 amide bonds. The number of ether oxygens (including phenoxy) is 1. The molecule has 0 saturated carbocycles. The predicted octanol–water partition coefficient (Wildman–Crippen LogP) is 2.94. The molecule has 20 heavy (non-hydrogen) atoms. The van der Waals surface area contributed by atoms with Crippen LogP contribution in [0.25, 0.3) is 0 Å². The Balaban J connectivity index is 2.28. The zero-order valence-corrected chi connectivity index (χ0v) is 11.7. The summed E-state index contributed by atoms with van der Waals surface area (Å²) in [4.78, 5) is 14.2. The summed E-state index contributed by atoms with van der Waals surface area (Å²) in [6, 6.07) is 14.4. The van der Waals surface area contributed by atoms with Gasteiger partial charge in [0.2, 0.25) is 0 Å². The van der Waals surface area contributed by atoms with Gasteiger partial charge in [0.05, 0.1) is 7.11 Å². The lowest BCUT2D eigenvalue weighted by Gasteiger charge is -2.21. The van der Waals surface area contributed by atoms with E-state index in [4.69, 9.17) is 10.5 Å². The molecule has 0 unspecified atom stereocenters. The summed E-state index contributed by atoms with van der Waals surface area (Å²) in [5.41, 5.74) is 7.84. The Morgan fingerprint density at radius 2 is 1.90 bits per heavy atom. The first-order valence-electron chi connectivity index (χ1n) is 6.47. The Morgan fingerprint density at radius 1 is 1.20 bits per heavy atom. The van der Waals surface area contributed by atoms with Crippen molar-refractivity contribution in [1.82, 2.24) is 0 Å². The van der Waals surface area contributed by atoms with Gasteiger partial charge in [0.1, 0.15) is 5.75 Å². The predicted molar refractivity (Wildman–Crippen MR) is 81.2 cm³/mol. The van der Waals surface area contributed by atoms with E-state index >= 15 is 0 Å². The number of benzene rings is 2. The highest BCUT2D eigenvalue weighted by atomic mass is 16.5. The number of carbonyl (C=O) groups excluding carboxylic acids is 1. The van der Waals surface area contributed by atoms with Gasteiger partial charge in [-0.2, -0.15) is 0 Å². The molecule has 2 N–H and O–H groups in total. The molecule has 0 heterocycles. The molecule has 2 rings (SSSR count). The molecule has 104 valence electrons. The molecular formula is C16H18N2O2. The summed E-state index contributed by atoms with van der Waals surface area (Å²) in [6.45, 7) is 2.51. The van der Waals surface area contributed by atoms with Crippen molar-refractivity contribution in [2.75, 3.05) is 24.3 Å². The van der Waals surface area contributed by atoms with Crippen LogP contribution in [-0.2, 0) is 0 Å². The average Bonchev–Trinajstić information content (AvgIpc) is 2.48. The smallest absolute Gasteiger partial charge is 0.258 e. The van der Waals surface area contributed by atoms with E-state index in [9.17, 15) is 4.79 Å². The first-order valence-corrected chi connectivity index (χ1v) is 6.47. The molecule has 0 saturated heterocycles. The Hall–Kier alpha value is -2.49. The van der Waals surface area contributed by atoms with Gasteiger partial charge in [-0.25, -0.2) is 0 Å². The molecule has 0 atom stereocenters. The third kappa shape index (κ3) is 2.91. The van der Waals surface area contributed by atoms with Crippen LogP contribution in [0.4, 0.5) is 11.4 Å². The molecule has 0 bridgehead atoms. The van der Waals surface area contributed by atoms with Crippen LogP contribution in [-0.4, -0.2) is 19.6 Å². The van der Waals surface area contributed by atoms with Crippen molar-refractivity contribution in [3.63, 3.8) is 0 Å². The number of nitrogens with two attached hydrogens (primary N) is 1. The van der Waals surface area contributed by atoms with Crippen LogP contribution in [0.2, 0.25) is 0 Å². The molecule has 0 fully saturated rings. The zero-order valence-electron chi connectivity index (χ0n) is 11.7. The second kappa shape index (κ2) is 6.10. The van der Waals surface area contributed by atoms with Crippen LogP contribution in [0, 0.1) is 0 Å². The van der Waals surface area contributed by atoms with Crippen LogP contribution in [0.15, 0.2) is 48.5 Å². The minimum Gasteiger partial charge on any atom is -0.497 e. The van der Waals surface area contributed by atoms with Gasteiger partial charge in [-0.15, -0.1) is 0 Å². The van der Waals surface area contributed by atoms with Crippen LogP contribution in [0.3, 0.4) is 0 Å². The highest BCUT2D eigenvalue weighted by molar-refractivity contribution is 6.06. The van der Waals surface area contributed by atoms with Crippen LogP contribution in [0.5, 0.6) is 5.75 Å². The van der Waals surface area contributed by atoms with Crippen molar-refractivity contribution in [3.8, 4) is 5.75 Å². The number of methoxy groups -OCH3 is 1. The normalized spacial score (nSPS) is 10.1. The van der Waals surface area contributed by atoms with Crippen molar-refractivity contribution in [3.05, 3.63) is 54.1 Å². The summed E-state index contributed by atoms with van der Waals surface area (Å²) in [7, 11) is 1.60. The molecule has 0 aliphatic rings. The van der Waals surface area contributed by atoms with Crippen LogP contribution < -0.4 is 15.4 Å². The highest BCUT2D eigenvalue weighted by Gasteiger charge is 2.16. The van der Waals surface area contributed by atoms with Crippen LogP contribution in [0.1, 0.15) is 17.3 Å². The Bertz CT molecular complexity index is 594. The summed E-state index contributed by atoms with van der Waals surface area (Å²) >= 11 is 0. The van der Waals surface area contributed by atoms with Gasteiger partial charge in [0, 0.05) is 23.5 Å².